The maximum Gasteiger partial charge on any atom is 0.134 e. The van der Waals surface area contributed by atoms with Gasteiger partial charge in [-0.2, -0.15) is 0 Å². The van der Waals surface area contributed by atoms with Crippen LogP contribution in [0.5, 0.6) is 5.75 Å². The van der Waals surface area contributed by atoms with Crippen molar-refractivity contribution in [1.82, 2.24) is 0 Å². The zero-order valence-corrected chi connectivity index (χ0v) is 10.3. The van der Waals surface area contributed by atoms with Crippen molar-refractivity contribution >= 4 is 22.7 Å². The van der Waals surface area contributed by atoms with Crippen molar-refractivity contribution in [2.45, 2.75) is 13.0 Å². The first-order chi connectivity index (χ1) is 7.22. The molecule has 0 aliphatic carbocycles. The smallest absolute Gasteiger partial charge is 0.134 e. The Balaban J connectivity index is 2.31. The van der Waals surface area contributed by atoms with E-state index in [1.54, 1.807) is 29.8 Å². The van der Waals surface area contributed by atoms with Gasteiger partial charge >= 0.3 is 0 Å². The number of thiophene rings is 2. The summed E-state index contributed by atoms with van der Waals surface area (Å²) in [5, 5.41) is 4.12. The first-order valence-electron chi connectivity index (χ1n) is 4.64. The van der Waals surface area contributed by atoms with Crippen LogP contribution in [-0.2, 0) is 0 Å². The van der Waals surface area contributed by atoms with Gasteiger partial charge in [-0.15, -0.1) is 22.7 Å². The normalized spacial score (nSPS) is 12.7. The van der Waals surface area contributed by atoms with Gasteiger partial charge in [0.1, 0.15) is 5.75 Å². The van der Waals surface area contributed by atoms with Gasteiger partial charge in [0, 0.05) is 4.88 Å². The Morgan fingerprint density at radius 2 is 2.20 bits per heavy atom. The van der Waals surface area contributed by atoms with E-state index >= 15 is 0 Å². The molecule has 1 unspecified atom stereocenters. The molecule has 0 bridgehead atoms. The van der Waals surface area contributed by atoms with Crippen LogP contribution >= 0.6 is 22.7 Å². The Morgan fingerprint density at radius 3 is 2.80 bits per heavy atom. The van der Waals surface area contributed by atoms with E-state index in [-0.39, 0.29) is 6.04 Å². The molecule has 0 saturated heterocycles. The van der Waals surface area contributed by atoms with Gasteiger partial charge in [-0.3, -0.25) is 0 Å². The second-order valence-electron chi connectivity index (χ2n) is 3.32. The van der Waals surface area contributed by atoms with Gasteiger partial charge in [0.05, 0.1) is 18.0 Å². The third-order valence-electron chi connectivity index (χ3n) is 2.27. The summed E-state index contributed by atoms with van der Waals surface area (Å²) in [5.74, 6) is 0.886. The topological polar surface area (TPSA) is 35.2 Å². The van der Waals surface area contributed by atoms with Crippen LogP contribution < -0.4 is 10.5 Å². The molecule has 2 nitrogen and oxygen atoms in total. The van der Waals surface area contributed by atoms with Crippen molar-refractivity contribution in [3.8, 4) is 5.75 Å². The quantitative estimate of drug-likeness (QED) is 0.893. The van der Waals surface area contributed by atoms with Gasteiger partial charge < -0.3 is 10.5 Å². The van der Waals surface area contributed by atoms with E-state index < -0.39 is 0 Å². The molecule has 0 amide bonds. The Morgan fingerprint density at radius 1 is 1.40 bits per heavy atom. The minimum absolute atomic E-state index is 0.0649. The summed E-state index contributed by atoms with van der Waals surface area (Å²) in [5.41, 5.74) is 7.35. The van der Waals surface area contributed by atoms with Crippen molar-refractivity contribution in [3.63, 3.8) is 0 Å². The fourth-order valence-electron chi connectivity index (χ4n) is 1.48. The number of aryl methyl sites for hydroxylation is 1. The second kappa shape index (κ2) is 4.35. The zero-order valence-electron chi connectivity index (χ0n) is 8.69. The summed E-state index contributed by atoms with van der Waals surface area (Å²) >= 11 is 3.37. The van der Waals surface area contributed by atoms with Crippen molar-refractivity contribution in [2.75, 3.05) is 7.11 Å². The van der Waals surface area contributed by atoms with E-state index in [2.05, 4.69) is 18.4 Å². The van der Waals surface area contributed by atoms with E-state index in [1.807, 2.05) is 11.4 Å². The molecule has 2 N–H and O–H groups in total. The minimum Gasteiger partial charge on any atom is -0.496 e. The number of hydrogen-bond donors (Lipinski definition) is 1. The molecule has 0 spiro atoms. The lowest BCUT2D eigenvalue weighted by Crippen LogP contribution is -2.10. The molecule has 2 aromatic rings. The van der Waals surface area contributed by atoms with Crippen LogP contribution in [0.25, 0.3) is 0 Å². The molecule has 1 atom stereocenters. The number of ether oxygens (including phenoxy) is 1. The number of hydrogen-bond acceptors (Lipinski definition) is 4. The SMILES string of the molecule is COc1ccsc1C(N)c1csc(C)c1. The summed E-state index contributed by atoms with van der Waals surface area (Å²) in [6, 6.07) is 4.03. The van der Waals surface area contributed by atoms with Gasteiger partial charge in [0.2, 0.25) is 0 Å². The van der Waals surface area contributed by atoms with Gasteiger partial charge in [0.15, 0.2) is 0 Å². The van der Waals surface area contributed by atoms with Crippen molar-refractivity contribution in [2.24, 2.45) is 5.73 Å². The summed E-state index contributed by atoms with van der Waals surface area (Å²) in [7, 11) is 1.68. The van der Waals surface area contributed by atoms with E-state index in [0.29, 0.717) is 0 Å². The van der Waals surface area contributed by atoms with E-state index in [0.717, 1.165) is 10.6 Å². The highest BCUT2D eigenvalue weighted by Crippen LogP contribution is 2.34. The van der Waals surface area contributed by atoms with E-state index in [1.165, 1.54) is 10.4 Å². The average Bonchev–Trinajstić information content (AvgIpc) is 2.84. The van der Waals surface area contributed by atoms with Gasteiger partial charge in [-0.1, -0.05) is 0 Å². The van der Waals surface area contributed by atoms with Gasteiger partial charge in [-0.05, 0) is 35.4 Å². The third kappa shape index (κ3) is 2.07. The van der Waals surface area contributed by atoms with Crippen LogP contribution in [0, 0.1) is 6.92 Å². The van der Waals surface area contributed by atoms with Crippen LogP contribution in [0.1, 0.15) is 21.4 Å². The molecule has 2 heterocycles. The molecule has 15 heavy (non-hydrogen) atoms. The van der Waals surface area contributed by atoms with Crippen LogP contribution in [0.2, 0.25) is 0 Å². The Bertz CT molecular complexity index is 447. The predicted molar refractivity (Wildman–Crippen MR) is 66.0 cm³/mol. The standard InChI is InChI=1S/C11H13NOS2/c1-7-5-8(6-15-7)10(12)11-9(13-2)3-4-14-11/h3-6,10H,12H2,1-2H3. The minimum atomic E-state index is -0.0649. The molecule has 0 fully saturated rings. The van der Waals surface area contributed by atoms with Crippen LogP contribution in [0.3, 0.4) is 0 Å². The summed E-state index contributed by atoms with van der Waals surface area (Å²) in [6.45, 7) is 2.09. The number of methoxy groups -OCH3 is 1. The predicted octanol–water partition coefficient (Wildman–Crippen LogP) is 3.17. The number of nitrogens with two attached hydrogens (primary N) is 1. The van der Waals surface area contributed by atoms with Crippen molar-refractivity contribution in [3.05, 3.63) is 38.2 Å². The fourth-order valence-corrected chi connectivity index (χ4v) is 3.11. The Labute approximate surface area is 97.3 Å². The van der Waals surface area contributed by atoms with Crippen molar-refractivity contribution in [1.29, 1.82) is 0 Å². The lowest BCUT2D eigenvalue weighted by Gasteiger charge is -2.09. The van der Waals surface area contributed by atoms with Crippen LogP contribution in [-0.4, -0.2) is 7.11 Å². The largest absolute Gasteiger partial charge is 0.496 e. The summed E-state index contributed by atoms with van der Waals surface area (Å²) in [4.78, 5) is 2.38. The molecule has 80 valence electrons. The molecule has 0 saturated carbocycles. The van der Waals surface area contributed by atoms with Gasteiger partial charge in [0.25, 0.3) is 0 Å². The molecule has 0 aromatic carbocycles. The van der Waals surface area contributed by atoms with E-state index in [4.69, 9.17) is 10.5 Å². The summed E-state index contributed by atoms with van der Waals surface area (Å²) in [6.07, 6.45) is 0. The Hall–Kier alpha value is -0.840. The maximum absolute atomic E-state index is 6.19. The molecular formula is C11H13NOS2. The monoisotopic (exact) mass is 239 g/mol. The molecule has 4 heteroatoms. The molecular weight excluding hydrogens is 226 g/mol. The molecule has 0 aliphatic heterocycles. The number of rotatable bonds is 3. The molecule has 2 aromatic heterocycles. The summed E-state index contributed by atoms with van der Waals surface area (Å²) < 4.78 is 5.27. The second-order valence-corrected chi connectivity index (χ2v) is 5.38. The fraction of sp³-hybridized carbons (Fsp3) is 0.273. The van der Waals surface area contributed by atoms with E-state index in [9.17, 15) is 0 Å². The first kappa shape index (κ1) is 10.7. The maximum atomic E-state index is 6.19. The molecule has 2 rings (SSSR count). The molecule has 0 aliphatic rings. The van der Waals surface area contributed by atoms with Crippen LogP contribution in [0.4, 0.5) is 0 Å². The highest BCUT2D eigenvalue weighted by Gasteiger charge is 2.16. The average molecular weight is 239 g/mol. The van der Waals surface area contributed by atoms with Crippen LogP contribution in [0.15, 0.2) is 22.9 Å². The lowest BCUT2D eigenvalue weighted by atomic mass is 10.1. The highest BCUT2D eigenvalue weighted by atomic mass is 32.1. The van der Waals surface area contributed by atoms with Gasteiger partial charge in [-0.25, -0.2) is 0 Å². The van der Waals surface area contributed by atoms with Crippen molar-refractivity contribution < 1.29 is 4.74 Å². The Kier molecular flexibility index (Phi) is 3.09. The molecule has 0 radical (unpaired) electrons. The zero-order chi connectivity index (χ0) is 10.8. The lowest BCUT2D eigenvalue weighted by molar-refractivity contribution is 0.411. The third-order valence-corrected chi connectivity index (χ3v) is 4.13. The first-order valence-corrected chi connectivity index (χ1v) is 6.40. The highest BCUT2D eigenvalue weighted by molar-refractivity contribution is 7.10.